The van der Waals surface area contributed by atoms with Gasteiger partial charge in [-0.3, -0.25) is 0 Å². The first kappa shape index (κ1) is 12.3. The fourth-order valence-electron chi connectivity index (χ4n) is 2.80. The Morgan fingerprint density at radius 1 is 1.38 bits per heavy atom. The zero-order valence-corrected chi connectivity index (χ0v) is 11.5. The van der Waals surface area contributed by atoms with Gasteiger partial charge in [-0.2, -0.15) is 0 Å². The lowest BCUT2D eigenvalue weighted by Crippen LogP contribution is -2.38. The molecule has 0 amide bonds. The molecule has 0 bridgehead atoms. The van der Waals surface area contributed by atoms with Crippen molar-refractivity contribution in [3.05, 3.63) is 24.9 Å². The Labute approximate surface area is 121 Å². The van der Waals surface area contributed by atoms with E-state index in [0.29, 0.717) is 11.9 Å². The highest BCUT2D eigenvalue weighted by Gasteiger charge is 2.19. The van der Waals surface area contributed by atoms with E-state index in [-0.39, 0.29) is 0 Å². The summed E-state index contributed by atoms with van der Waals surface area (Å²) in [6, 6.07) is 2.40. The van der Waals surface area contributed by atoms with Gasteiger partial charge in [0.1, 0.15) is 5.65 Å². The van der Waals surface area contributed by atoms with Gasteiger partial charge in [0.15, 0.2) is 0 Å². The van der Waals surface area contributed by atoms with Gasteiger partial charge in [-0.1, -0.05) is 0 Å². The van der Waals surface area contributed by atoms with Crippen LogP contribution < -0.4 is 10.6 Å². The Morgan fingerprint density at radius 2 is 2.38 bits per heavy atom. The highest BCUT2D eigenvalue weighted by Crippen LogP contribution is 2.33. The van der Waals surface area contributed by atoms with Gasteiger partial charge in [0.2, 0.25) is 6.39 Å². The van der Waals surface area contributed by atoms with Crippen molar-refractivity contribution in [1.29, 1.82) is 0 Å². The minimum Gasteiger partial charge on any atom is -0.423 e. The van der Waals surface area contributed by atoms with E-state index in [4.69, 9.17) is 4.42 Å². The second-order valence-electron chi connectivity index (χ2n) is 5.22. The van der Waals surface area contributed by atoms with E-state index in [9.17, 15) is 0 Å². The number of aromatic amines is 1. The van der Waals surface area contributed by atoms with Crippen LogP contribution >= 0.6 is 0 Å². The van der Waals surface area contributed by atoms with Crippen LogP contribution in [0.3, 0.4) is 0 Å². The minimum absolute atomic E-state index is 0.390. The SMILES string of the molecule is c1cc2c(NC3CCCNC3)c(-c3nnco3)cnc2[nH]1. The summed E-state index contributed by atoms with van der Waals surface area (Å²) in [5.41, 5.74) is 2.69. The van der Waals surface area contributed by atoms with Crippen molar-refractivity contribution in [3.63, 3.8) is 0 Å². The molecule has 0 aromatic carbocycles. The molecule has 1 fully saturated rings. The van der Waals surface area contributed by atoms with Gasteiger partial charge in [0.05, 0.1) is 11.3 Å². The number of nitrogens with zero attached hydrogens (tertiary/aromatic N) is 3. The number of anilines is 1. The second-order valence-corrected chi connectivity index (χ2v) is 5.22. The summed E-state index contributed by atoms with van der Waals surface area (Å²) in [4.78, 5) is 7.55. The number of hydrogen-bond donors (Lipinski definition) is 3. The maximum Gasteiger partial charge on any atom is 0.251 e. The van der Waals surface area contributed by atoms with Crippen molar-refractivity contribution in [2.45, 2.75) is 18.9 Å². The molecule has 1 saturated heterocycles. The normalized spacial score (nSPS) is 19.0. The standard InChI is InChI=1S/C14H16N6O/c1-2-9(6-15-4-1)19-12-10-3-5-16-13(10)17-7-11(12)14-20-18-8-21-14/h3,5,7-9,15H,1-2,4,6H2,(H2,16,17,19). The first-order chi connectivity index (χ1) is 10.4. The molecule has 0 spiro atoms. The first-order valence-electron chi connectivity index (χ1n) is 7.12. The third kappa shape index (κ3) is 2.25. The van der Waals surface area contributed by atoms with Crippen LogP contribution in [0.15, 0.2) is 29.3 Å². The van der Waals surface area contributed by atoms with Gasteiger partial charge in [-0.15, -0.1) is 10.2 Å². The summed E-state index contributed by atoms with van der Waals surface area (Å²) in [7, 11) is 0. The zero-order chi connectivity index (χ0) is 14.1. The fraction of sp³-hybridized carbons (Fsp3) is 0.357. The topological polar surface area (TPSA) is 91.7 Å². The van der Waals surface area contributed by atoms with Gasteiger partial charge in [0, 0.05) is 30.4 Å². The molecule has 21 heavy (non-hydrogen) atoms. The quantitative estimate of drug-likeness (QED) is 0.679. The molecule has 3 aromatic heterocycles. The Bertz CT molecular complexity index is 729. The van der Waals surface area contributed by atoms with Crippen LogP contribution in [0.25, 0.3) is 22.5 Å². The monoisotopic (exact) mass is 284 g/mol. The number of fused-ring (bicyclic) bond motifs is 1. The number of nitrogens with one attached hydrogen (secondary N) is 3. The summed E-state index contributed by atoms with van der Waals surface area (Å²) in [6.45, 7) is 2.04. The van der Waals surface area contributed by atoms with E-state index in [0.717, 1.165) is 41.8 Å². The molecular formula is C14H16N6O. The van der Waals surface area contributed by atoms with Gasteiger partial charge < -0.3 is 20.0 Å². The van der Waals surface area contributed by atoms with Gasteiger partial charge in [-0.05, 0) is 25.5 Å². The molecule has 1 aliphatic rings. The number of H-pyrrole nitrogens is 1. The molecule has 1 aliphatic heterocycles. The third-order valence-corrected chi connectivity index (χ3v) is 3.82. The smallest absolute Gasteiger partial charge is 0.251 e. The van der Waals surface area contributed by atoms with Crippen LogP contribution in [0.2, 0.25) is 0 Å². The number of hydrogen-bond acceptors (Lipinski definition) is 6. The molecule has 7 heteroatoms. The second kappa shape index (κ2) is 5.17. The number of rotatable bonds is 3. The van der Waals surface area contributed by atoms with E-state index in [1.807, 2.05) is 12.3 Å². The minimum atomic E-state index is 0.390. The lowest BCUT2D eigenvalue weighted by atomic mass is 10.1. The predicted octanol–water partition coefficient (Wildman–Crippen LogP) is 1.78. The van der Waals surface area contributed by atoms with Crippen LogP contribution in [0.5, 0.6) is 0 Å². The van der Waals surface area contributed by atoms with Crippen LogP contribution in [-0.2, 0) is 0 Å². The van der Waals surface area contributed by atoms with Gasteiger partial charge in [-0.25, -0.2) is 4.98 Å². The highest BCUT2D eigenvalue weighted by atomic mass is 16.4. The van der Waals surface area contributed by atoms with Crippen LogP contribution in [0.4, 0.5) is 5.69 Å². The van der Waals surface area contributed by atoms with Crippen molar-refractivity contribution in [1.82, 2.24) is 25.5 Å². The van der Waals surface area contributed by atoms with Gasteiger partial charge >= 0.3 is 0 Å². The summed E-state index contributed by atoms with van der Waals surface area (Å²) in [5, 5.41) is 15.8. The average Bonchev–Trinajstić information content (AvgIpc) is 3.20. The molecule has 4 rings (SSSR count). The van der Waals surface area contributed by atoms with E-state index >= 15 is 0 Å². The van der Waals surface area contributed by atoms with Crippen molar-refractivity contribution in [3.8, 4) is 11.5 Å². The van der Waals surface area contributed by atoms with Crippen LogP contribution in [-0.4, -0.2) is 39.3 Å². The predicted molar refractivity (Wildman–Crippen MR) is 78.9 cm³/mol. The maximum atomic E-state index is 5.35. The van der Waals surface area contributed by atoms with E-state index < -0.39 is 0 Å². The number of pyridine rings is 1. The number of piperidine rings is 1. The van der Waals surface area contributed by atoms with Crippen molar-refractivity contribution in [2.24, 2.45) is 0 Å². The fourth-order valence-corrected chi connectivity index (χ4v) is 2.80. The van der Waals surface area contributed by atoms with Crippen LogP contribution in [0.1, 0.15) is 12.8 Å². The Morgan fingerprint density at radius 3 is 3.19 bits per heavy atom. The third-order valence-electron chi connectivity index (χ3n) is 3.82. The molecule has 3 aromatic rings. The van der Waals surface area contributed by atoms with E-state index in [2.05, 4.69) is 30.8 Å². The Kier molecular flexibility index (Phi) is 3.04. The van der Waals surface area contributed by atoms with E-state index in [1.54, 1.807) is 6.20 Å². The molecule has 108 valence electrons. The Hall–Kier alpha value is -2.41. The Balaban J connectivity index is 1.79. The van der Waals surface area contributed by atoms with Gasteiger partial charge in [0.25, 0.3) is 5.89 Å². The lowest BCUT2D eigenvalue weighted by molar-refractivity contribution is 0.480. The summed E-state index contributed by atoms with van der Waals surface area (Å²) >= 11 is 0. The lowest BCUT2D eigenvalue weighted by Gasteiger charge is -2.25. The van der Waals surface area contributed by atoms with Crippen molar-refractivity contribution >= 4 is 16.7 Å². The molecular weight excluding hydrogens is 268 g/mol. The molecule has 0 saturated carbocycles. The molecule has 1 unspecified atom stereocenters. The molecule has 4 heterocycles. The maximum absolute atomic E-state index is 5.35. The summed E-state index contributed by atoms with van der Waals surface area (Å²) in [5.74, 6) is 0.483. The summed E-state index contributed by atoms with van der Waals surface area (Å²) in [6.07, 6.45) is 7.31. The first-order valence-corrected chi connectivity index (χ1v) is 7.12. The molecule has 0 aliphatic carbocycles. The number of aromatic nitrogens is 4. The largest absolute Gasteiger partial charge is 0.423 e. The summed E-state index contributed by atoms with van der Waals surface area (Å²) < 4.78 is 5.35. The van der Waals surface area contributed by atoms with Crippen molar-refractivity contribution in [2.75, 3.05) is 18.4 Å². The average molecular weight is 284 g/mol. The van der Waals surface area contributed by atoms with Crippen LogP contribution in [0, 0.1) is 0 Å². The molecule has 0 radical (unpaired) electrons. The molecule has 7 nitrogen and oxygen atoms in total. The van der Waals surface area contributed by atoms with Crippen molar-refractivity contribution < 1.29 is 4.42 Å². The molecule has 1 atom stereocenters. The van der Waals surface area contributed by atoms with E-state index in [1.165, 1.54) is 12.8 Å². The zero-order valence-electron chi connectivity index (χ0n) is 11.5. The highest BCUT2D eigenvalue weighted by molar-refractivity contribution is 5.96. The molecule has 3 N–H and O–H groups in total.